The zero-order valence-corrected chi connectivity index (χ0v) is 14.8. The molecule has 0 saturated carbocycles. The quantitative estimate of drug-likeness (QED) is 0.784. The molecule has 0 bridgehead atoms. The van der Waals surface area contributed by atoms with Gasteiger partial charge in [0.05, 0.1) is 32.9 Å². The van der Waals surface area contributed by atoms with Gasteiger partial charge in [0.2, 0.25) is 0 Å². The lowest BCUT2D eigenvalue weighted by Gasteiger charge is -2.05. The number of benzene rings is 1. The van der Waals surface area contributed by atoms with Gasteiger partial charge in [0.15, 0.2) is 5.82 Å². The van der Waals surface area contributed by atoms with E-state index in [1.807, 2.05) is 13.8 Å². The Morgan fingerprint density at radius 1 is 1.24 bits per heavy atom. The third-order valence-corrected chi connectivity index (χ3v) is 5.01. The van der Waals surface area contributed by atoms with Crippen LogP contribution >= 0.6 is 0 Å². The van der Waals surface area contributed by atoms with E-state index in [-0.39, 0.29) is 5.56 Å². The predicted octanol–water partition coefficient (Wildman–Crippen LogP) is 2.45. The molecule has 1 unspecified atom stereocenters. The lowest BCUT2D eigenvalue weighted by atomic mass is 10.1. The minimum absolute atomic E-state index is 0.223. The van der Waals surface area contributed by atoms with E-state index in [0.717, 1.165) is 11.1 Å². The van der Waals surface area contributed by atoms with Gasteiger partial charge in [-0.3, -0.25) is 14.1 Å². The van der Waals surface area contributed by atoms with Crippen LogP contribution in [0.15, 0.2) is 46.2 Å². The average molecular weight is 352 g/mol. The van der Waals surface area contributed by atoms with Gasteiger partial charge in [-0.15, -0.1) is 0 Å². The molecule has 0 spiro atoms. The van der Waals surface area contributed by atoms with Crippen LogP contribution in [0.1, 0.15) is 16.8 Å². The number of hydrogen-bond donors (Lipinski definition) is 1. The maximum Gasteiger partial charge on any atom is 0.280 e. The van der Waals surface area contributed by atoms with E-state index in [0.29, 0.717) is 27.5 Å². The second-order valence-electron chi connectivity index (χ2n) is 5.70. The number of nitriles is 1. The maximum absolute atomic E-state index is 12.8. The fraction of sp³-hybridized carbons (Fsp3) is 0.167. The number of aromatic amines is 1. The molecule has 0 aliphatic heterocycles. The molecule has 1 aromatic carbocycles. The molecule has 0 saturated heterocycles. The number of rotatable bonds is 3. The summed E-state index contributed by atoms with van der Waals surface area (Å²) < 4.78 is 13.0. The SMILES string of the molecule is Cc1cc(-n2[nH]c(C)c(-c3ccc(C#N)cc3)c2=O)ncc1S(C)=O. The van der Waals surface area contributed by atoms with Crippen LogP contribution in [0.25, 0.3) is 16.9 Å². The Kier molecular flexibility index (Phi) is 4.38. The zero-order valence-electron chi connectivity index (χ0n) is 14.0. The van der Waals surface area contributed by atoms with Crippen molar-refractivity contribution in [2.24, 2.45) is 0 Å². The molecule has 3 rings (SSSR count). The normalized spacial score (nSPS) is 11.9. The molecule has 1 N–H and O–H groups in total. The first-order valence-corrected chi connectivity index (χ1v) is 9.10. The van der Waals surface area contributed by atoms with E-state index in [4.69, 9.17) is 5.26 Å². The Balaban J connectivity index is 2.11. The molecule has 3 aromatic rings. The summed E-state index contributed by atoms with van der Waals surface area (Å²) in [5, 5.41) is 11.9. The lowest BCUT2D eigenvalue weighted by molar-refractivity contribution is 0.685. The number of nitrogens with zero attached hydrogens (tertiary/aromatic N) is 3. The monoisotopic (exact) mass is 352 g/mol. The Hall–Kier alpha value is -2.98. The summed E-state index contributed by atoms with van der Waals surface area (Å²) in [6.07, 6.45) is 3.13. The second kappa shape index (κ2) is 6.49. The minimum Gasteiger partial charge on any atom is -0.293 e. The van der Waals surface area contributed by atoms with Crippen molar-refractivity contribution >= 4 is 10.8 Å². The summed E-state index contributed by atoms with van der Waals surface area (Å²) >= 11 is 0. The van der Waals surface area contributed by atoms with Crippen LogP contribution in [0, 0.1) is 25.2 Å². The molecule has 0 amide bonds. The van der Waals surface area contributed by atoms with Crippen molar-refractivity contribution in [1.82, 2.24) is 14.8 Å². The van der Waals surface area contributed by atoms with Crippen LogP contribution in [0.2, 0.25) is 0 Å². The van der Waals surface area contributed by atoms with E-state index >= 15 is 0 Å². The van der Waals surface area contributed by atoms with E-state index in [2.05, 4.69) is 16.2 Å². The third kappa shape index (κ3) is 3.04. The van der Waals surface area contributed by atoms with Gasteiger partial charge in [0.25, 0.3) is 5.56 Å². The van der Waals surface area contributed by atoms with Gasteiger partial charge in [-0.05, 0) is 43.2 Å². The zero-order chi connectivity index (χ0) is 18.1. The number of aryl methyl sites for hydroxylation is 2. The second-order valence-corrected chi connectivity index (χ2v) is 7.05. The van der Waals surface area contributed by atoms with Crippen molar-refractivity contribution in [2.45, 2.75) is 18.7 Å². The molecule has 126 valence electrons. The number of aromatic nitrogens is 3. The molecule has 2 heterocycles. The summed E-state index contributed by atoms with van der Waals surface area (Å²) in [4.78, 5) is 17.8. The Morgan fingerprint density at radius 2 is 1.92 bits per heavy atom. The van der Waals surface area contributed by atoms with Crippen molar-refractivity contribution in [3.63, 3.8) is 0 Å². The van der Waals surface area contributed by atoms with E-state index < -0.39 is 10.8 Å². The molecule has 7 heteroatoms. The van der Waals surface area contributed by atoms with E-state index in [9.17, 15) is 9.00 Å². The summed E-state index contributed by atoms with van der Waals surface area (Å²) in [5.74, 6) is 0.444. The minimum atomic E-state index is -1.13. The first-order chi connectivity index (χ1) is 11.9. The van der Waals surface area contributed by atoms with Crippen molar-refractivity contribution in [3.8, 4) is 23.0 Å². The van der Waals surface area contributed by atoms with Crippen LogP contribution in [0.3, 0.4) is 0 Å². The van der Waals surface area contributed by atoms with Gasteiger partial charge in [0, 0.05) is 18.1 Å². The van der Waals surface area contributed by atoms with Crippen LogP contribution in [0.4, 0.5) is 0 Å². The molecule has 2 aromatic heterocycles. The van der Waals surface area contributed by atoms with E-state index in [1.165, 1.54) is 10.9 Å². The molecular formula is C18H16N4O2S. The lowest BCUT2D eigenvalue weighted by Crippen LogP contribution is -2.17. The smallest absolute Gasteiger partial charge is 0.280 e. The molecule has 25 heavy (non-hydrogen) atoms. The Bertz CT molecular complexity index is 1070. The Morgan fingerprint density at radius 3 is 2.48 bits per heavy atom. The van der Waals surface area contributed by atoms with Crippen LogP contribution in [0.5, 0.6) is 0 Å². The standard InChI is InChI=1S/C18H16N4O2S/c1-11-8-16(20-10-15(11)25(3)24)22-18(23)17(12(2)21-22)14-6-4-13(9-19)5-7-14/h4-8,10,21H,1-3H3. The average Bonchev–Trinajstić information content (AvgIpc) is 2.89. The van der Waals surface area contributed by atoms with Crippen molar-refractivity contribution in [2.75, 3.05) is 6.26 Å². The van der Waals surface area contributed by atoms with Crippen molar-refractivity contribution in [3.05, 3.63) is 63.7 Å². The fourth-order valence-electron chi connectivity index (χ4n) is 2.71. The van der Waals surface area contributed by atoms with Gasteiger partial charge < -0.3 is 0 Å². The molecule has 0 aliphatic carbocycles. The number of nitrogens with one attached hydrogen (secondary N) is 1. The highest BCUT2D eigenvalue weighted by Gasteiger charge is 2.16. The van der Waals surface area contributed by atoms with Gasteiger partial charge in [-0.1, -0.05) is 12.1 Å². The molecule has 0 fully saturated rings. The number of H-pyrrole nitrogens is 1. The van der Waals surface area contributed by atoms with Gasteiger partial charge >= 0.3 is 0 Å². The molecule has 1 atom stereocenters. The molecule has 0 radical (unpaired) electrons. The van der Waals surface area contributed by atoms with Crippen LogP contribution in [-0.2, 0) is 10.8 Å². The summed E-state index contributed by atoms with van der Waals surface area (Å²) in [7, 11) is -1.13. The number of hydrogen-bond acceptors (Lipinski definition) is 4. The first kappa shape index (κ1) is 16.9. The van der Waals surface area contributed by atoms with Crippen LogP contribution in [-0.4, -0.2) is 25.2 Å². The van der Waals surface area contributed by atoms with Gasteiger partial charge in [0.1, 0.15) is 0 Å². The number of pyridine rings is 1. The Labute approximate surface area is 147 Å². The first-order valence-electron chi connectivity index (χ1n) is 7.55. The van der Waals surface area contributed by atoms with Gasteiger partial charge in [-0.2, -0.15) is 5.26 Å². The van der Waals surface area contributed by atoms with Crippen molar-refractivity contribution < 1.29 is 4.21 Å². The maximum atomic E-state index is 12.8. The fourth-order valence-corrected chi connectivity index (χ4v) is 3.42. The predicted molar refractivity (Wildman–Crippen MR) is 96.1 cm³/mol. The topological polar surface area (TPSA) is 91.5 Å². The highest BCUT2D eigenvalue weighted by atomic mass is 32.2. The summed E-state index contributed by atoms with van der Waals surface area (Å²) in [5.41, 5.74) is 3.10. The highest BCUT2D eigenvalue weighted by Crippen LogP contribution is 2.21. The van der Waals surface area contributed by atoms with E-state index in [1.54, 1.807) is 36.6 Å². The molecule has 6 nitrogen and oxygen atoms in total. The third-order valence-electron chi connectivity index (χ3n) is 3.96. The molecule has 0 aliphatic rings. The highest BCUT2D eigenvalue weighted by molar-refractivity contribution is 7.84. The largest absolute Gasteiger partial charge is 0.293 e. The van der Waals surface area contributed by atoms with Crippen molar-refractivity contribution in [1.29, 1.82) is 5.26 Å². The summed E-state index contributed by atoms with van der Waals surface area (Å²) in [6, 6.07) is 10.7. The molecular weight excluding hydrogens is 336 g/mol. The van der Waals surface area contributed by atoms with Gasteiger partial charge in [-0.25, -0.2) is 9.67 Å². The van der Waals surface area contributed by atoms with Crippen LogP contribution < -0.4 is 5.56 Å². The summed E-state index contributed by atoms with van der Waals surface area (Å²) in [6.45, 7) is 3.65.